The molecule has 0 N–H and O–H groups in total. The highest BCUT2D eigenvalue weighted by Gasteiger charge is 1.89. The van der Waals surface area contributed by atoms with Crippen LogP contribution in [0.3, 0.4) is 0 Å². The summed E-state index contributed by atoms with van der Waals surface area (Å²) in [6, 6.07) is 32.5. The van der Waals surface area contributed by atoms with Crippen molar-refractivity contribution in [2.24, 2.45) is 0 Å². The van der Waals surface area contributed by atoms with E-state index < -0.39 is 0 Å². The number of benzene rings is 3. The van der Waals surface area contributed by atoms with E-state index in [-0.39, 0.29) is 0 Å². The molecule has 2 nitrogen and oxygen atoms in total. The maximum absolute atomic E-state index is 5.72. The van der Waals surface area contributed by atoms with Crippen molar-refractivity contribution >= 4 is 11.6 Å². The first-order chi connectivity index (χ1) is 17.1. The first-order valence-electron chi connectivity index (χ1n) is 12.4. The summed E-state index contributed by atoms with van der Waals surface area (Å²) in [5.74, 6) is 0.928. The lowest BCUT2D eigenvalue weighted by Crippen LogP contribution is -1.83. The van der Waals surface area contributed by atoms with Gasteiger partial charge in [-0.25, -0.2) is 0 Å². The molecule has 3 heteroatoms. The van der Waals surface area contributed by atoms with Crippen LogP contribution in [0.5, 0.6) is 5.75 Å². The lowest BCUT2D eigenvalue weighted by molar-refractivity contribution is 0.414. The largest absolute Gasteiger partial charge is 0.497 e. The van der Waals surface area contributed by atoms with Gasteiger partial charge >= 0.3 is 0 Å². The molecule has 0 aliphatic heterocycles. The Balaban J connectivity index is 0.000000234. The molecule has 1 heterocycles. The summed E-state index contributed by atoms with van der Waals surface area (Å²) >= 11 is 5.72. The Morgan fingerprint density at radius 1 is 0.600 bits per heavy atom. The zero-order valence-corrected chi connectivity index (χ0v) is 22.6. The molecule has 0 saturated carbocycles. The van der Waals surface area contributed by atoms with Gasteiger partial charge in [0.25, 0.3) is 0 Å². The molecule has 3 aromatic carbocycles. The molecule has 4 rings (SSSR count). The number of ether oxygens (including phenoxy) is 1. The van der Waals surface area contributed by atoms with Crippen molar-refractivity contribution in [3.63, 3.8) is 0 Å². The molecule has 0 bridgehead atoms. The number of hydrogen-bond acceptors (Lipinski definition) is 2. The van der Waals surface area contributed by atoms with Crippen LogP contribution in [0.15, 0.2) is 103 Å². The minimum absolute atomic E-state index is 0.828. The van der Waals surface area contributed by atoms with Gasteiger partial charge in [0.05, 0.1) is 7.11 Å². The monoisotopic (exact) mass is 489 g/mol. The average Bonchev–Trinajstić information content (AvgIpc) is 2.95. The molecule has 0 unspecified atom stereocenters. The summed E-state index contributed by atoms with van der Waals surface area (Å²) in [6.07, 6.45) is 6.13. The minimum Gasteiger partial charge on any atom is -0.497 e. The lowest BCUT2D eigenvalue weighted by atomic mass is 10.2. The summed E-state index contributed by atoms with van der Waals surface area (Å²) in [5.41, 5.74) is 5.21. The summed E-state index contributed by atoms with van der Waals surface area (Å²) in [4.78, 5) is 4.10. The van der Waals surface area contributed by atoms with Crippen molar-refractivity contribution in [3.8, 4) is 5.75 Å². The zero-order chi connectivity index (χ0) is 25.7. The standard InChI is InChI=1S/C9H12O.C8H9Cl.C8H10.C7H9N/c1-3-8-4-6-9(10-2)7-5-8;1-2-7-4-3-5-8(9)6-7;1-2-8-6-4-3-5-7-8;1-2-7-5-3-4-6-8-7/h4-7H,3H2,1-2H3;3-6H,2H2,1H3;3-7H,2H2,1H3;3-6H,2H2,1H3. The fourth-order valence-electron chi connectivity index (χ4n) is 2.94. The fraction of sp³-hybridized carbons (Fsp3) is 0.281. The molecule has 1 aromatic heterocycles. The van der Waals surface area contributed by atoms with Gasteiger partial charge in [-0.05, 0) is 78.8 Å². The molecule has 0 fully saturated rings. The minimum atomic E-state index is 0.828. The van der Waals surface area contributed by atoms with E-state index in [0.717, 1.165) is 42.1 Å². The third-order valence-electron chi connectivity index (χ3n) is 5.20. The van der Waals surface area contributed by atoms with Crippen LogP contribution in [0.2, 0.25) is 5.02 Å². The lowest BCUT2D eigenvalue weighted by Gasteiger charge is -1.99. The number of aryl methyl sites for hydroxylation is 4. The second kappa shape index (κ2) is 19.2. The summed E-state index contributed by atoms with van der Waals surface area (Å²) in [5, 5.41) is 0.828. The Hall–Kier alpha value is -3.10. The molecule has 0 amide bonds. The fourth-order valence-corrected chi connectivity index (χ4v) is 3.15. The van der Waals surface area contributed by atoms with Gasteiger partial charge in [0.15, 0.2) is 0 Å². The van der Waals surface area contributed by atoms with E-state index in [4.69, 9.17) is 16.3 Å². The number of rotatable bonds is 5. The molecular formula is C32H40ClNO. The summed E-state index contributed by atoms with van der Waals surface area (Å²) in [7, 11) is 1.68. The highest BCUT2D eigenvalue weighted by Crippen LogP contribution is 2.11. The maximum Gasteiger partial charge on any atom is 0.118 e. The average molecular weight is 490 g/mol. The Labute approximate surface area is 218 Å². The number of aromatic nitrogens is 1. The number of nitrogens with zero attached hydrogens (tertiary/aromatic N) is 1. The van der Waals surface area contributed by atoms with Crippen LogP contribution in [-0.4, -0.2) is 12.1 Å². The number of pyridine rings is 1. The van der Waals surface area contributed by atoms with Crippen molar-refractivity contribution in [2.75, 3.05) is 7.11 Å². The predicted octanol–water partition coefficient (Wildman–Crippen LogP) is 9.05. The Kier molecular flexibility index (Phi) is 16.4. The highest BCUT2D eigenvalue weighted by atomic mass is 35.5. The SMILES string of the molecule is CCc1ccc(OC)cc1.CCc1cccc(Cl)c1.CCc1ccccc1.CCc1ccccn1. The van der Waals surface area contributed by atoms with E-state index in [0.29, 0.717) is 0 Å². The van der Waals surface area contributed by atoms with Gasteiger partial charge < -0.3 is 4.74 Å². The third kappa shape index (κ3) is 14.0. The number of methoxy groups -OCH3 is 1. The summed E-state index contributed by atoms with van der Waals surface area (Å²) in [6.45, 7) is 8.52. The maximum atomic E-state index is 5.72. The molecule has 0 aliphatic rings. The van der Waals surface area contributed by atoms with Crippen LogP contribution in [0, 0.1) is 0 Å². The molecule has 0 spiro atoms. The van der Waals surface area contributed by atoms with Crippen molar-refractivity contribution in [1.29, 1.82) is 0 Å². The van der Waals surface area contributed by atoms with E-state index in [1.54, 1.807) is 7.11 Å². The van der Waals surface area contributed by atoms with E-state index in [1.165, 1.54) is 16.7 Å². The first kappa shape index (κ1) is 29.9. The molecule has 0 aliphatic carbocycles. The number of hydrogen-bond donors (Lipinski definition) is 0. The number of halogens is 1. The highest BCUT2D eigenvalue weighted by molar-refractivity contribution is 6.30. The van der Waals surface area contributed by atoms with E-state index in [9.17, 15) is 0 Å². The molecule has 0 saturated heterocycles. The second-order valence-electron chi connectivity index (χ2n) is 7.70. The van der Waals surface area contributed by atoms with Crippen molar-refractivity contribution in [1.82, 2.24) is 4.98 Å². The molecule has 4 aromatic rings. The first-order valence-corrected chi connectivity index (χ1v) is 12.7. The quantitative estimate of drug-likeness (QED) is 0.279. The normalized spacial score (nSPS) is 9.31. The van der Waals surface area contributed by atoms with Gasteiger partial charge in [0, 0.05) is 16.9 Å². The molecule has 186 valence electrons. The van der Waals surface area contributed by atoms with E-state index >= 15 is 0 Å². The van der Waals surface area contributed by atoms with Crippen LogP contribution < -0.4 is 4.74 Å². The van der Waals surface area contributed by atoms with Gasteiger partial charge in [-0.15, -0.1) is 0 Å². The summed E-state index contributed by atoms with van der Waals surface area (Å²) < 4.78 is 5.01. The van der Waals surface area contributed by atoms with Crippen LogP contribution >= 0.6 is 11.6 Å². The van der Waals surface area contributed by atoms with Crippen molar-refractivity contribution in [2.45, 2.75) is 53.4 Å². The van der Waals surface area contributed by atoms with Gasteiger partial charge in [0.1, 0.15) is 5.75 Å². The third-order valence-corrected chi connectivity index (χ3v) is 5.44. The zero-order valence-electron chi connectivity index (χ0n) is 21.9. The van der Waals surface area contributed by atoms with Crippen molar-refractivity contribution in [3.05, 3.63) is 131 Å². The second-order valence-corrected chi connectivity index (χ2v) is 8.14. The van der Waals surface area contributed by atoms with Gasteiger partial charge in [-0.3, -0.25) is 4.98 Å². The Morgan fingerprint density at radius 2 is 1.17 bits per heavy atom. The van der Waals surface area contributed by atoms with Crippen LogP contribution in [0.4, 0.5) is 0 Å². The van der Waals surface area contributed by atoms with E-state index in [2.05, 4.69) is 75.1 Å². The molecular weight excluding hydrogens is 450 g/mol. The molecule has 0 radical (unpaired) electrons. The Bertz CT molecular complexity index is 956. The van der Waals surface area contributed by atoms with E-state index in [1.807, 2.05) is 60.8 Å². The topological polar surface area (TPSA) is 22.1 Å². The smallest absolute Gasteiger partial charge is 0.118 e. The van der Waals surface area contributed by atoms with Crippen LogP contribution in [0.25, 0.3) is 0 Å². The van der Waals surface area contributed by atoms with Crippen molar-refractivity contribution < 1.29 is 4.74 Å². The Morgan fingerprint density at radius 3 is 1.57 bits per heavy atom. The van der Waals surface area contributed by atoms with Crippen LogP contribution in [-0.2, 0) is 25.7 Å². The van der Waals surface area contributed by atoms with Gasteiger partial charge in [0.2, 0.25) is 0 Å². The van der Waals surface area contributed by atoms with Crippen LogP contribution in [0.1, 0.15) is 50.1 Å². The van der Waals surface area contributed by atoms with Gasteiger partial charge in [-0.1, -0.05) is 100.0 Å². The predicted molar refractivity (Wildman–Crippen MR) is 153 cm³/mol. The van der Waals surface area contributed by atoms with Gasteiger partial charge in [-0.2, -0.15) is 0 Å². The molecule has 35 heavy (non-hydrogen) atoms. The molecule has 0 atom stereocenters.